The lowest BCUT2D eigenvalue weighted by Crippen LogP contribution is -2.41. The molecule has 0 saturated carbocycles. The van der Waals surface area contributed by atoms with Crippen LogP contribution in [-0.4, -0.2) is 44.0 Å². The lowest BCUT2D eigenvalue weighted by Gasteiger charge is -2.27. The topological polar surface area (TPSA) is 44.4 Å². The molecule has 1 aliphatic heterocycles. The number of nitrogens with one attached hydrogen (secondary N) is 2. The van der Waals surface area contributed by atoms with Crippen LogP contribution >= 0.6 is 0 Å². The van der Waals surface area contributed by atoms with Crippen molar-refractivity contribution in [3.8, 4) is 0 Å². The predicted molar refractivity (Wildman–Crippen MR) is 56.8 cm³/mol. The first-order valence-electron chi connectivity index (χ1n) is 4.74. The Balaban J connectivity index is 2.26. The quantitative estimate of drug-likeness (QED) is 0.608. The Kier molecular flexibility index (Phi) is 4.19. The Morgan fingerprint density at radius 3 is 3.21 bits per heavy atom. The third kappa shape index (κ3) is 3.62. The average Bonchev–Trinajstić information content (AvgIpc) is 2.17. The molecule has 0 aromatic carbocycles. The molecule has 1 saturated heterocycles. The van der Waals surface area contributed by atoms with E-state index < -0.39 is 0 Å². The molecule has 4 heteroatoms. The molecule has 0 bridgehead atoms. The highest BCUT2D eigenvalue weighted by molar-refractivity contribution is 5.87. The summed E-state index contributed by atoms with van der Waals surface area (Å²) in [5.74, 6) is -0.0565. The summed E-state index contributed by atoms with van der Waals surface area (Å²) in [6.45, 7) is 7.46. The zero-order chi connectivity index (χ0) is 10.4. The summed E-state index contributed by atoms with van der Waals surface area (Å²) in [6.07, 6.45) is 3.43. The fourth-order valence-electron chi connectivity index (χ4n) is 1.34. The molecular formula is C10H17N3O. The first-order valence-corrected chi connectivity index (χ1v) is 4.74. The Morgan fingerprint density at radius 1 is 1.79 bits per heavy atom. The summed E-state index contributed by atoms with van der Waals surface area (Å²) in [5, 5.41) is 5.72. The van der Waals surface area contributed by atoms with Crippen molar-refractivity contribution >= 4 is 5.91 Å². The molecule has 0 aliphatic carbocycles. The molecule has 1 rings (SSSR count). The minimum absolute atomic E-state index is 0.0565. The van der Waals surface area contributed by atoms with E-state index in [-0.39, 0.29) is 5.91 Å². The van der Waals surface area contributed by atoms with E-state index in [1.807, 2.05) is 6.08 Å². The van der Waals surface area contributed by atoms with Gasteiger partial charge in [-0.2, -0.15) is 0 Å². The van der Waals surface area contributed by atoms with Crippen molar-refractivity contribution in [3.63, 3.8) is 0 Å². The van der Waals surface area contributed by atoms with E-state index in [9.17, 15) is 4.79 Å². The monoisotopic (exact) mass is 195 g/mol. The van der Waals surface area contributed by atoms with Gasteiger partial charge in [0.1, 0.15) is 0 Å². The smallest absolute Gasteiger partial charge is 0.243 e. The van der Waals surface area contributed by atoms with Gasteiger partial charge >= 0.3 is 0 Å². The van der Waals surface area contributed by atoms with Crippen molar-refractivity contribution in [1.82, 2.24) is 15.5 Å². The Hall–Kier alpha value is -1.29. The van der Waals surface area contributed by atoms with E-state index in [1.54, 1.807) is 13.1 Å². The van der Waals surface area contributed by atoms with E-state index in [4.69, 9.17) is 0 Å². The molecule has 0 unspecified atom stereocenters. The Labute approximate surface area is 84.7 Å². The van der Waals surface area contributed by atoms with Gasteiger partial charge in [0, 0.05) is 45.0 Å². The summed E-state index contributed by atoms with van der Waals surface area (Å²) in [6, 6.07) is 0. The Morgan fingerprint density at radius 2 is 2.57 bits per heavy atom. The van der Waals surface area contributed by atoms with Crippen LogP contribution in [0.2, 0.25) is 0 Å². The minimum Gasteiger partial charge on any atom is -0.386 e. The van der Waals surface area contributed by atoms with Gasteiger partial charge in [-0.05, 0) is 0 Å². The number of nitrogens with zero attached hydrogens (tertiary/aromatic N) is 1. The fraction of sp³-hybridized carbons (Fsp3) is 0.500. The van der Waals surface area contributed by atoms with Crippen LogP contribution in [0.3, 0.4) is 0 Å². The van der Waals surface area contributed by atoms with Gasteiger partial charge in [-0.1, -0.05) is 12.7 Å². The molecule has 1 amide bonds. The second kappa shape index (κ2) is 5.44. The number of hydrogen-bond donors (Lipinski definition) is 2. The van der Waals surface area contributed by atoms with Gasteiger partial charge in [0.05, 0.1) is 0 Å². The van der Waals surface area contributed by atoms with E-state index >= 15 is 0 Å². The number of carbonyl (C=O) groups is 1. The number of piperazine rings is 1. The zero-order valence-electron chi connectivity index (χ0n) is 8.55. The third-order valence-corrected chi connectivity index (χ3v) is 2.10. The highest BCUT2D eigenvalue weighted by Gasteiger charge is 2.09. The first kappa shape index (κ1) is 10.8. The maximum absolute atomic E-state index is 10.9. The summed E-state index contributed by atoms with van der Waals surface area (Å²) >= 11 is 0. The summed E-state index contributed by atoms with van der Waals surface area (Å²) in [5.41, 5.74) is 1.05. The molecule has 78 valence electrons. The van der Waals surface area contributed by atoms with Crippen molar-refractivity contribution in [3.05, 3.63) is 24.4 Å². The predicted octanol–water partition coefficient (Wildman–Crippen LogP) is -0.292. The van der Waals surface area contributed by atoms with Crippen LogP contribution in [0.15, 0.2) is 24.4 Å². The zero-order valence-corrected chi connectivity index (χ0v) is 8.55. The van der Waals surface area contributed by atoms with Gasteiger partial charge in [-0.25, -0.2) is 0 Å². The maximum atomic E-state index is 10.9. The lowest BCUT2D eigenvalue weighted by atomic mass is 10.3. The van der Waals surface area contributed by atoms with Crippen molar-refractivity contribution in [1.29, 1.82) is 0 Å². The van der Waals surface area contributed by atoms with Crippen LogP contribution in [0.4, 0.5) is 0 Å². The summed E-state index contributed by atoms with van der Waals surface area (Å²) < 4.78 is 0. The molecule has 0 aromatic heterocycles. The van der Waals surface area contributed by atoms with Crippen LogP contribution in [0.1, 0.15) is 0 Å². The molecule has 2 N–H and O–H groups in total. The first-order chi connectivity index (χ1) is 6.72. The van der Waals surface area contributed by atoms with Crippen LogP contribution in [0.5, 0.6) is 0 Å². The Bertz CT molecular complexity index is 248. The number of carbonyl (C=O) groups excluding carboxylic acids is 1. The van der Waals surface area contributed by atoms with Gasteiger partial charge in [0.25, 0.3) is 0 Å². The minimum atomic E-state index is -0.0565. The maximum Gasteiger partial charge on any atom is 0.243 e. The van der Waals surface area contributed by atoms with Crippen LogP contribution in [0, 0.1) is 0 Å². The van der Waals surface area contributed by atoms with E-state index in [1.165, 1.54) is 0 Å². The van der Waals surface area contributed by atoms with Gasteiger partial charge in [-0.15, -0.1) is 0 Å². The molecule has 0 radical (unpaired) electrons. The molecule has 1 fully saturated rings. The summed E-state index contributed by atoms with van der Waals surface area (Å²) in [7, 11) is 1.62. The standard InChI is InChI=1S/C10H17N3O/c1-9-8-13(7-5-12-9)6-3-4-10(14)11-2/h3-4,12H,1,5-8H2,2H3,(H,11,14)/b4-3+. The van der Waals surface area contributed by atoms with Crippen LogP contribution < -0.4 is 10.6 Å². The van der Waals surface area contributed by atoms with E-state index in [0.717, 1.165) is 31.9 Å². The van der Waals surface area contributed by atoms with Crippen LogP contribution in [0.25, 0.3) is 0 Å². The van der Waals surface area contributed by atoms with Crippen molar-refractivity contribution in [2.75, 3.05) is 33.2 Å². The number of amides is 1. The van der Waals surface area contributed by atoms with E-state index in [2.05, 4.69) is 22.1 Å². The van der Waals surface area contributed by atoms with Crippen molar-refractivity contribution < 1.29 is 4.79 Å². The molecule has 1 aliphatic rings. The molecule has 4 nitrogen and oxygen atoms in total. The second-order valence-corrected chi connectivity index (χ2v) is 3.28. The van der Waals surface area contributed by atoms with Crippen molar-refractivity contribution in [2.45, 2.75) is 0 Å². The molecule has 0 aromatic rings. The second-order valence-electron chi connectivity index (χ2n) is 3.28. The lowest BCUT2D eigenvalue weighted by molar-refractivity contribution is -0.116. The van der Waals surface area contributed by atoms with Gasteiger partial charge in [0.15, 0.2) is 0 Å². The SMILES string of the molecule is C=C1CN(C/C=C/C(=O)NC)CCN1. The molecule has 1 heterocycles. The third-order valence-electron chi connectivity index (χ3n) is 2.10. The van der Waals surface area contributed by atoms with Gasteiger partial charge in [-0.3, -0.25) is 9.69 Å². The number of rotatable bonds is 3. The molecule has 0 atom stereocenters. The van der Waals surface area contributed by atoms with Crippen molar-refractivity contribution in [2.24, 2.45) is 0 Å². The highest BCUT2D eigenvalue weighted by Crippen LogP contribution is 1.99. The van der Waals surface area contributed by atoms with E-state index in [0.29, 0.717) is 0 Å². The van der Waals surface area contributed by atoms with Gasteiger partial charge in [0.2, 0.25) is 5.91 Å². The molecule has 14 heavy (non-hydrogen) atoms. The number of likely N-dealkylation sites (N-methyl/N-ethyl adjacent to an activating group) is 1. The normalized spacial score (nSPS) is 18.2. The molecular weight excluding hydrogens is 178 g/mol. The molecule has 0 spiro atoms. The van der Waals surface area contributed by atoms with Crippen LogP contribution in [-0.2, 0) is 4.79 Å². The highest BCUT2D eigenvalue weighted by atomic mass is 16.1. The largest absolute Gasteiger partial charge is 0.386 e. The average molecular weight is 195 g/mol. The fourth-order valence-corrected chi connectivity index (χ4v) is 1.34. The number of hydrogen-bond acceptors (Lipinski definition) is 3. The summed E-state index contributed by atoms with van der Waals surface area (Å²) in [4.78, 5) is 13.1. The van der Waals surface area contributed by atoms with Gasteiger partial charge < -0.3 is 10.6 Å².